The largest absolute Gasteiger partial charge is 0.445 e. The van der Waals surface area contributed by atoms with Crippen molar-refractivity contribution in [2.24, 2.45) is 5.92 Å². The van der Waals surface area contributed by atoms with Crippen molar-refractivity contribution in [3.8, 4) is 0 Å². The smallest absolute Gasteiger partial charge is 0.410 e. The standard InChI is InChI=1S/C34H49F3N6O9S/c1-32(2,3)52-30(47)38-25-12-14-33(36,37)13-7-6-10-21-16-34(21,29(46)40-53(49,50)41(4)5)39-27(44)26-15-22(18-43(26)28(25)45)51-31(48)42-17-20-9-8-11-24(35)23(20)19-42/h8-9,11,21-22,25-26,28,45H,6-7,10,12-19H2,1-5H3,(H,38,47)(H,39,44)(H,40,46)/t21-,22-,25+,26+,28?,34-/m1/s1. The minimum atomic E-state index is -4.27. The van der Waals surface area contributed by atoms with E-state index in [1.54, 1.807) is 26.8 Å². The van der Waals surface area contributed by atoms with Crippen molar-refractivity contribution in [1.29, 1.82) is 0 Å². The van der Waals surface area contributed by atoms with Crippen LogP contribution in [0.2, 0.25) is 0 Å². The number of hydrogen-bond donors (Lipinski definition) is 4. The van der Waals surface area contributed by atoms with Crippen molar-refractivity contribution in [2.75, 3.05) is 20.6 Å². The first kappa shape index (κ1) is 40.5. The molecule has 0 aromatic heterocycles. The molecule has 0 spiro atoms. The maximum atomic E-state index is 15.2. The van der Waals surface area contributed by atoms with E-state index in [-0.39, 0.29) is 51.7 Å². The van der Waals surface area contributed by atoms with Gasteiger partial charge in [-0.25, -0.2) is 27.5 Å². The molecule has 5 rings (SSSR count). The number of amides is 4. The van der Waals surface area contributed by atoms with Gasteiger partial charge in [0.1, 0.15) is 29.3 Å². The van der Waals surface area contributed by atoms with Gasteiger partial charge in [-0.3, -0.25) is 19.4 Å². The van der Waals surface area contributed by atoms with Gasteiger partial charge in [0, 0.05) is 52.0 Å². The quantitative estimate of drug-likeness (QED) is 0.347. The number of benzene rings is 1. The number of nitrogens with zero attached hydrogens (tertiary/aromatic N) is 3. The van der Waals surface area contributed by atoms with Gasteiger partial charge in [-0.15, -0.1) is 0 Å². The first-order chi connectivity index (χ1) is 24.6. The van der Waals surface area contributed by atoms with Gasteiger partial charge in [0.25, 0.3) is 5.91 Å². The maximum absolute atomic E-state index is 15.2. The summed E-state index contributed by atoms with van der Waals surface area (Å²) in [7, 11) is -1.85. The molecule has 4 N–H and O–H groups in total. The number of nitrogens with one attached hydrogen (secondary N) is 3. The number of halogens is 3. The van der Waals surface area contributed by atoms with E-state index >= 15 is 8.78 Å². The van der Waals surface area contributed by atoms with Gasteiger partial charge in [-0.05, 0) is 64.0 Å². The van der Waals surface area contributed by atoms with Gasteiger partial charge in [0.2, 0.25) is 11.8 Å². The minimum absolute atomic E-state index is 0.0342. The van der Waals surface area contributed by atoms with Crippen LogP contribution in [0.3, 0.4) is 0 Å². The third kappa shape index (κ3) is 9.53. The Morgan fingerprint density at radius 3 is 2.47 bits per heavy atom. The van der Waals surface area contributed by atoms with Crippen molar-refractivity contribution in [1.82, 2.24) is 29.5 Å². The fourth-order valence-corrected chi connectivity index (χ4v) is 7.80. The molecule has 0 bridgehead atoms. The number of rotatable bonds is 5. The number of ether oxygens (including phenoxy) is 2. The molecule has 2 saturated heterocycles. The Hall–Kier alpha value is -3.68. The fourth-order valence-electron chi connectivity index (χ4n) is 7.20. The summed E-state index contributed by atoms with van der Waals surface area (Å²) in [5, 5.41) is 17.0. The molecule has 4 aliphatic rings. The number of alkyl carbamates (subject to hydrolysis) is 1. The summed E-state index contributed by atoms with van der Waals surface area (Å²) in [5.41, 5.74) is -1.73. The SMILES string of the molecule is CN(C)S(=O)(=O)NC(=O)[C@@]12C[C@H]1CCCCC(F)(F)CC[C@H](NC(=O)OC(C)(C)C)C(O)N1C[C@H](OC(=O)N3Cc4cccc(F)c4C3)C[C@H]1C(=O)N2. The van der Waals surface area contributed by atoms with Crippen molar-refractivity contribution < 1.29 is 55.3 Å². The number of alkyl halides is 2. The van der Waals surface area contributed by atoms with E-state index < -0.39 is 107 Å². The van der Waals surface area contributed by atoms with Crippen LogP contribution in [0.4, 0.5) is 22.8 Å². The zero-order valence-electron chi connectivity index (χ0n) is 30.5. The Morgan fingerprint density at radius 1 is 1.09 bits per heavy atom. The normalized spacial score (nSPS) is 29.4. The third-order valence-corrected chi connectivity index (χ3v) is 11.6. The zero-order valence-corrected chi connectivity index (χ0v) is 31.3. The highest BCUT2D eigenvalue weighted by atomic mass is 32.2. The predicted molar refractivity (Wildman–Crippen MR) is 183 cm³/mol. The summed E-state index contributed by atoms with van der Waals surface area (Å²) < 4.78 is 83.9. The van der Waals surface area contributed by atoms with Crippen LogP contribution in [0.25, 0.3) is 0 Å². The van der Waals surface area contributed by atoms with Crippen LogP contribution in [0.5, 0.6) is 0 Å². The van der Waals surface area contributed by atoms with Crippen LogP contribution in [0, 0.1) is 11.7 Å². The van der Waals surface area contributed by atoms with E-state index in [2.05, 4.69) is 10.6 Å². The molecule has 3 heterocycles. The monoisotopic (exact) mass is 774 g/mol. The third-order valence-electron chi connectivity index (χ3n) is 10.2. The molecule has 1 aromatic rings. The summed E-state index contributed by atoms with van der Waals surface area (Å²) in [4.78, 5) is 56.4. The second-order valence-corrected chi connectivity index (χ2v) is 17.5. The topological polar surface area (TPSA) is 187 Å². The van der Waals surface area contributed by atoms with Crippen LogP contribution in [-0.2, 0) is 42.4 Å². The molecule has 1 unspecified atom stereocenters. The molecule has 1 saturated carbocycles. The molecular weight excluding hydrogens is 725 g/mol. The first-order valence-corrected chi connectivity index (χ1v) is 19.1. The van der Waals surface area contributed by atoms with Crippen molar-refractivity contribution in [3.63, 3.8) is 0 Å². The van der Waals surface area contributed by atoms with E-state index in [1.165, 1.54) is 36.0 Å². The molecule has 19 heteroatoms. The van der Waals surface area contributed by atoms with Crippen molar-refractivity contribution in [3.05, 3.63) is 35.1 Å². The summed E-state index contributed by atoms with van der Waals surface area (Å²) >= 11 is 0. The van der Waals surface area contributed by atoms with Gasteiger partial charge >= 0.3 is 22.4 Å². The first-order valence-electron chi connectivity index (χ1n) is 17.7. The molecule has 4 amide bonds. The number of fused-ring (bicyclic) bond motifs is 3. The summed E-state index contributed by atoms with van der Waals surface area (Å²) in [5.74, 6) is -6.07. The summed E-state index contributed by atoms with van der Waals surface area (Å²) in [6.45, 7) is 4.51. The molecule has 0 radical (unpaired) electrons. The van der Waals surface area contributed by atoms with E-state index in [1.807, 2.05) is 4.72 Å². The highest BCUT2D eigenvalue weighted by Crippen LogP contribution is 2.48. The second-order valence-electron chi connectivity index (χ2n) is 15.6. The van der Waals surface area contributed by atoms with Crippen LogP contribution >= 0.6 is 0 Å². The van der Waals surface area contributed by atoms with Gasteiger partial charge in [0.15, 0.2) is 0 Å². The van der Waals surface area contributed by atoms with Gasteiger partial charge in [-0.2, -0.15) is 12.7 Å². The second kappa shape index (κ2) is 15.2. The zero-order chi connectivity index (χ0) is 39.1. The summed E-state index contributed by atoms with van der Waals surface area (Å²) in [6.07, 6.45) is -5.96. The molecule has 6 atom stereocenters. The number of carbonyl (C=O) groups is 4. The molecule has 15 nitrogen and oxygen atoms in total. The van der Waals surface area contributed by atoms with E-state index in [0.29, 0.717) is 11.1 Å². The average molecular weight is 775 g/mol. The van der Waals surface area contributed by atoms with Gasteiger partial charge in [-0.1, -0.05) is 18.6 Å². The minimum Gasteiger partial charge on any atom is -0.445 e. The average Bonchev–Trinajstić information content (AvgIpc) is 3.35. The Morgan fingerprint density at radius 2 is 1.81 bits per heavy atom. The van der Waals surface area contributed by atoms with Gasteiger partial charge < -0.3 is 25.2 Å². The Balaban J connectivity index is 1.44. The maximum Gasteiger partial charge on any atom is 0.410 e. The van der Waals surface area contributed by atoms with Crippen LogP contribution in [0.1, 0.15) is 83.3 Å². The van der Waals surface area contributed by atoms with Crippen LogP contribution in [0.15, 0.2) is 18.2 Å². The van der Waals surface area contributed by atoms with Crippen LogP contribution in [-0.4, -0.2) is 114 Å². The Kier molecular flexibility index (Phi) is 11.6. The molecule has 3 aliphatic heterocycles. The molecule has 3 fully saturated rings. The number of carbonyl (C=O) groups excluding carboxylic acids is 4. The van der Waals surface area contributed by atoms with Crippen LogP contribution < -0.4 is 15.4 Å². The fraction of sp³-hybridized carbons (Fsp3) is 0.706. The molecule has 1 aliphatic carbocycles. The lowest BCUT2D eigenvalue weighted by Gasteiger charge is -2.35. The molecular formula is C34H49F3N6O9S. The Labute approximate surface area is 307 Å². The van der Waals surface area contributed by atoms with Crippen molar-refractivity contribution in [2.45, 2.75) is 127 Å². The lowest BCUT2D eigenvalue weighted by molar-refractivity contribution is -0.135. The Bertz CT molecular complexity index is 1690. The predicted octanol–water partition coefficient (Wildman–Crippen LogP) is 2.72. The van der Waals surface area contributed by atoms with Gasteiger partial charge in [0.05, 0.1) is 18.6 Å². The lowest BCUT2D eigenvalue weighted by atomic mass is 9.99. The number of aliphatic hydroxyl groups is 1. The van der Waals surface area contributed by atoms with E-state index in [9.17, 15) is 37.1 Å². The highest BCUT2D eigenvalue weighted by molar-refractivity contribution is 7.87. The lowest BCUT2D eigenvalue weighted by Crippen LogP contribution is -2.60. The van der Waals surface area contributed by atoms with E-state index in [4.69, 9.17) is 9.47 Å². The van der Waals surface area contributed by atoms with E-state index in [0.717, 1.165) is 4.31 Å². The summed E-state index contributed by atoms with van der Waals surface area (Å²) in [6, 6.07) is 1.76. The molecule has 1 aromatic carbocycles. The number of hydrogen-bond acceptors (Lipinski definition) is 10. The highest BCUT2D eigenvalue weighted by Gasteiger charge is 2.62. The van der Waals surface area contributed by atoms with Crippen molar-refractivity contribution >= 4 is 34.2 Å². The molecule has 53 heavy (non-hydrogen) atoms. The number of aliphatic hydroxyl groups excluding tert-OH is 1. The molecule has 296 valence electrons.